The number of nitrogens with one attached hydrogen (secondary N) is 1. The molecule has 0 fully saturated rings. The number of carbonyl (C=O) groups is 3. The fraction of sp³-hybridized carbons (Fsp3) is 0.125. The van der Waals surface area contributed by atoms with Gasteiger partial charge in [0, 0.05) is 5.69 Å². The fourth-order valence-electron chi connectivity index (χ4n) is 3.55. The third-order valence-corrected chi connectivity index (χ3v) is 4.91. The molecule has 158 valence electrons. The van der Waals surface area contributed by atoms with Crippen molar-refractivity contribution >= 4 is 23.5 Å². The van der Waals surface area contributed by atoms with Crippen LogP contribution in [0.1, 0.15) is 11.1 Å². The Labute approximate surface area is 180 Å². The minimum absolute atomic E-state index is 0.278. The van der Waals surface area contributed by atoms with E-state index in [1.54, 1.807) is 91.0 Å². The molecule has 7 heteroatoms. The molecule has 0 radical (unpaired) electrons. The quantitative estimate of drug-likeness (QED) is 0.520. The molecule has 0 saturated heterocycles. The summed E-state index contributed by atoms with van der Waals surface area (Å²) in [5, 5.41) is 13.1. The van der Waals surface area contributed by atoms with Gasteiger partial charge >= 0.3 is 5.97 Å². The Kier molecular flexibility index (Phi) is 6.79. The lowest BCUT2D eigenvalue weighted by molar-refractivity contribution is -0.144. The molecule has 0 heterocycles. The average Bonchev–Trinajstić information content (AvgIpc) is 2.82. The van der Waals surface area contributed by atoms with Gasteiger partial charge in [0.15, 0.2) is 5.54 Å². The van der Waals surface area contributed by atoms with Gasteiger partial charge in [0.25, 0.3) is 0 Å². The average molecular weight is 417 g/mol. The van der Waals surface area contributed by atoms with Crippen molar-refractivity contribution in [3.8, 4) is 0 Å². The van der Waals surface area contributed by atoms with Crippen LogP contribution in [0.3, 0.4) is 0 Å². The van der Waals surface area contributed by atoms with Crippen LogP contribution >= 0.6 is 0 Å². The van der Waals surface area contributed by atoms with E-state index in [4.69, 9.17) is 5.73 Å². The summed E-state index contributed by atoms with van der Waals surface area (Å²) in [5.74, 6) is -2.34. The van der Waals surface area contributed by atoms with Crippen molar-refractivity contribution in [2.24, 2.45) is 5.73 Å². The predicted octanol–water partition coefficient (Wildman–Crippen LogP) is 2.12. The number of rotatable bonds is 8. The van der Waals surface area contributed by atoms with Gasteiger partial charge in [-0.05, 0) is 23.3 Å². The van der Waals surface area contributed by atoms with Crippen LogP contribution < -0.4 is 16.0 Å². The van der Waals surface area contributed by atoms with E-state index in [0.29, 0.717) is 16.8 Å². The Morgan fingerprint density at radius 2 is 1.26 bits per heavy atom. The standard InChI is InChI=1S/C24H23N3O4/c25-16-21(28)26-17-22(29)27(20-14-8-3-9-15-20)24(23(30)31,18-10-4-1-5-11-18)19-12-6-2-7-13-19/h1-15H,16-17,25H2,(H,26,28)(H,30,31). The molecule has 3 aromatic rings. The van der Waals surface area contributed by atoms with E-state index < -0.39 is 29.9 Å². The third kappa shape index (κ3) is 4.31. The minimum Gasteiger partial charge on any atom is -0.479 e. The number of carbonyl (C=O) groups excluding carboxylic acids is 2. The number of carboxylic acid groups (broad SMARTS) is 1. The molecule has 7 nitrogen and oxygen atoms in total. The Bertz CT molecular complexity index is 1000. The van der Waals surface area contributed by atoms with Crippen LogP contribution in [-0.2, 0) is 19.9 Å². The number of hydrogen-bond donors (Lipinski definition) is 3. The number of amides is 2. The molecule has 0 aliphatic carbocycles. The van der Waals surface area contributed by atoms with Crippen molar-refractivity contribution in [3.63, 3.8) is 0 Å². The SMILES string of the molecule is NCC(=O)NCC(=O)N(c1ccccc1)C(C(=O)O)(c1ccccc1)c1ccccc1. The van der Waals surface area contributed by atoms with Crippen LogP contribution in [0.2, 0.25) is 0 Å². The van der Waals surface area contributed by atoms with E-state index in [2.05, 4.69) is 5.32 Å². The van der Waals surface area contributed by atoms with Gasteiger partial charge in [-0.1, -0.05) is 78.9 Å². The van der Waals surface area contributed by atoms with Gasteiger partial charge in [0.2, 0.25) is 11.8 Å². The van der Waals surface area contributed by atoms with Crippen LogP contribution in [-0.4, -0.2) is 36.0 Å². The van der Waals surface area contributed by atoms with Crippen molar-refractivity contribution in [1.29, 1.82) is 0 Å². The number of benzene rings is 3. The number of aliphatic carboxylic acids is 1. The molecule has 0 atom stereocenters. The molecule has 3 aromatic carbocycles. The Balaban J connectivity index is 2.29. The summed E-state index contributed by atoms with van der Waals surface area (Å²) in [6.45, 7) is -0.681. The molecule has 0 unspecified atom stereocenters. The zero-order valence-electron chi connectivity index (χ0n) is 16.8. The van der Waals surface area contributed by atoms with Gasteiger partial charge < -0.3 is 16.2 Å². The lowest BCUT2D eigenvalue weighted by Crippen LogP contribution is -2.58. The first-order chi connectivity index (χ1) is 15.0. The lowest BCUT2D eigenvalue weighted by atomic mass is 9.80. The molecule has 2 amide bonds. The Morgan fingerprint density at radius 3 is 1.68 bits per heavy atom. The Hall–Kier alpha value is -3.97. The second-order valence-corrected chi connectivity index (χ2v) is 6.79. The van der Waals surface area contributed by atoms with Gasteiger partial charge in [-0.25, -0.2) is 4.79 Å². The molecule has 3 rings (SSSR count). The van der Waals surface area contributed by atoms with Crippen molar-refractivity contribution < 1.29 is 19.5 Å². The monoisotopic (exact) mass is 417 g/mol. The van der Waals surface area contributed by atoms with Crippen LogP contribution in [0.15, 0.2) is 91.0 Å². The van der Waals surface area contributed by atoms with Crippen molar-refractivity contribution in [1.82, 2.24) is 5.32 Å². The summed E-state index contributed by atoms with van der Waals surface area (Å²) in [4.78, 5) is 39.4. The number of para-hydroxylation sites is 1. The van der Waals surface area contributed by atoms with E-state index >= 15 is 0 Å². The van der Waals surface area contributed by atoms with Gasteiger partial charge in [0.1, 0.15) is 0 Å². The van der Waals surface area contributed by atoms with Crippen LogP contribution in [0.4, 0.5) is 5.69 Å². The Morgan fingerprint density at radius 1 is 0.806 bits per heavy atom. The largest absolute Gasteiger partial charge is 0.479 e. The highest BCUT2D eigenvalue weighted by Crippen LogP contribution is 2.39. The molecule has 0 bridgehead atoms. The molecule has 31 heavy (non-hydrogen) atoms. The summed E-state index contributed by atoms with van der Waals surface area (Å²) in [5.41, 5.74) is 4.64. The van der Waals surface area contributed by atoms with Crippen LogP contribution in [0.25, 0.3) is 0 Å². The van der Waals surface area contributed by atoms with Gasteiger partial charge in [-0.2, -0.15) is 0 Å². The van der Waals surface area contributed by atoms with E-state index in [1.807, 2.05) is 0 Å². The number of anilines is 1. The summed E-state index contributed by atoms with van der Waals surface area (Å²) in [6, 6.07) is 25.6. The second kappa shape index (κ2) is 9.69. The van der Waals surface area contributed by atoms with Crippen molar-refractivity contribution in [2.45, 2.75) is 5.54 Å². The summed E-state index contributed by atoms with van der Waals surface area (Å²) >= 11 is 0. The highest BCUT2D eigenvalue weighted by Gasteiger charge is 2.50. The molecule has 0 aromatic heterocycles. The van der Waals surface area contributed by atoms with E-state index in [0.717, 1.165) is 0 Å². The topological polar surface area (TPSA) is 113 Å². The second-order valence-electron chi connectivity index (χ2n) is 6.79. The maximum atomic E-state index is 13.5. The van der Waals surface area contributed by atoms with Crippen molar-refractivity contribution in [2.75, 3.05) is 18.0 Å². The maximum absolute atomic E-state index is 13.5. The molecular formula is C24H23N3O4. The number of nitrogens with two attached hydrogens (primary N) is 1. The zero-order valence-corrected chi connectivity index (χ0v) is 16.8. The molecule has 0 aliphatic rings. The number of carboxylic acids is 1. The summed E-state index contributed by atoms with van der Waals surface area (Å²) in [7, 11) is 0. The third-order valence-electron chi connectivity index (χ3n) is 4.91. The number of nitrogens with zero attached hydrogens (tertiary/aromatic N) is 1. The summed E-state index contributed by atoms with van der Waals surface area (Å²) < 4.78 is 0. The number of hydrogen-bond acceptors (Lipinski definition) is 4. The van der Waals surface area contributed by atoms with E-state index in [9.17, 15) is 19.5 Å². The van der Waals surface area contributed by atoms with E-state index in [1.165, 1.54) is 4.90 Å². The van der Waals surface area contributed by atoms with Crippen molar-refractivity contribution in [3.05, 3.63) is 102 Å². The maximum Gasteiger partial charge on any atom is 0.339 e. The highest BCUT2D eigenvalue weighted by molar-refractivity contribution is 6.06. The van der Waals surface area contributed by atoms with Gasteiger partial charge in [-0.15, -0.1) is 0 Å². The minimum atomic E-state index is -1.87. The zero-order chi connectivity index (χ0) is 22.3. The smallest absolute Gasteiger partial charge is 0.339 e. The van der Waals surface area contributed by atoms with Crippen LogP contribution in [0.5, 0.6) is 0 Å². The molecular weight excluding hydrogens is 394 g/mol. The van der Waals surface area contributed by atoms with Crippen LogP contribution in [0, 0.1) is 0 Å². The first-order valence-electron chi connectivity index (χ1n) is 9.71. The fourth-order valence-corrected chi connectivity index (χ4v) is 3.55. The molecule has 0 spiro atoms. The normalized spacial score (nSPS) is 10.9. The molecule has 0 aliphatic heterocycles. The highest BCUT2D eigenvalue weighted by atomic mass is 16.4. The van der Waals surface area contributed by atoms with Gasteiger partial charge in [-0.3, -0.25) is 14.5 Å². The van der Waals surface area contributed by atoms with Gasteiger partial charge in [0.05, 0.1) is 13.1 Å². The predicted molar refractivity (Wildman–Crippen MR) is 117 cm³/mol. The first-order valence-corrected chi connectivity index (χ1v) is 9.71. The summed E-state index contributed by atoms with van der Waals surface area (Å²) in [6.07, 6.45) is 0. The van der Waals surface area contributed by atoms with E-state index in [-0.39, 0.29) is 6.54 Å². The molecule has 4 N–H and O–H groups in total. The lowest BCUT2D eigenvalue weighted by Gasteiger charge is -2.41. The first kappa shape index (κ1) is 21.7. The molecule has 0 saturated carbocycles.